The number of carbonyl (C=O) groups excluding carboxylic acids is 1. The number of nitrogens with zero attached hydrogens (tertiary/aromatic N) is 2. The van der Waals surface area contributed by atoms with E-state index in [2.05, 4.69) is 15.3 Å². The molecule has 74 valence electrons. The third kappa shape index (κ3) is 2.35. The number of Topliss-reactive ketones (excluding diaryl/α,β-unsaturated/α-hetero) is 1. The maximum Gasteiger partial charge on any atom is 0.161 e. The summed E-state index contributed by atoms with van der Waals surface area (Å²) in [4.78, 5) is 11.1. The Labute approximate surface area is 87.5 Å². The van der Waals surface area contributed by atoms with Crippen LogP contribution in [0.15, 0.2) is 12.7 Å². The highest BCUT2D eigenvalue weighted by Crippen LogP contribution is 2.17. The molecule has 0 N–H and O–H groups in total. The van der Waals surface area contributed by atoms with Gasteiger partial charge in [-0.05, 0) is 19.4 Å². The molecule has 0 amide bonds. The van der Waals surface area contributed by atoms with Crippen LogP contribution in [0.5, 0.6) is 0 Å². The standard InChI is InChI=1S/C10H12N2OS/c1-4-5-6-9-10(12-14-11-9)7(2)8(3)13/h5-6H,2,4H2,1,3H3/b6-5-. The lowest BCUT2D eigenvalue weighted by atomic mass is 10.1. The Morgan fingerprint density at radius 1 is 1.57 bits per heavy atom. The zero-order valence-corrected chi connectivity index (χ0v) is 9.10. The highest BCUT2D eigenvalue weighted by atomic mass is 32.1. The molecular weight excluding hydrogens is 196 g/mol. The molecule has 1 aromatic heterocycles. The van der Waals surface area contributed by atoms with Gasteiger partial charge in [0.1, 0.15) is 11.4 Å². The fourth-order valence-corrected chi connectivity index (χ4v) is 1.47. The number of carbonyl (C=O) groups is 1. The van der Waals surface area contributed by atoms with Gasteiger partial charge in [0.15, 0.2) is 5.78 Å². The first-order chi connectivity index (χ1) is 6.66. The molecule has 0 unspecified atom stereocenters. The maximum atomic E-state index is 11.1. The molecule has 0 fully saturated rings. The SMILES string of the molecule is C=C(C(C)=O)c1nsnc1/C=C\CC. The monoisotopic (exact) mass is 208 g/mol. The Morgan fingerprint density at radius 2 is 2.29 bits per heavy atom. The molecule has 3 nitrogen and oxygen atoms in total. The lowest BCUT2D eigenvalue weighted by Crippen LogP contribution is -1.96. The van der Waals surface area contributed by atoms with Gasteiger partial charge in [-0.15, -0.1) is 0 Å². The number of aromatic nitrogens is 2. The van der Waals surface area contributed by atoms with E-state index in [4.69, 9.17) is 0 Å². The van der Waals surface area contributed by atoms with E-state index in [0.29, 0.717) is 11.3 Å². The molecule has 0 radical (unpaired) electrons. The van der Waals surface area contributed by atoms with Gasteiger partial charge in [-0.2, -0.15) is 8.75 Å². The van der Waals surface area contributed by atoms with Crippen molar-refractivity contribution in [1.29, 1.82) is 0 Å². The van der Waals surface area contributed by atoms with Crippen molar-refractivity contribution in [2.45, 2.75) is 20.3 Å². The largest absolute Gasteiger partial charge is 0.294 e. The molecule has 1 rings (SSSR count). The van der Waals surface area contributed by atoms with Gasteiger partial charge in [-0.1, -0.05) is 19.6 Å². The lowest BCUT2D eigenvalue weighted by molar-refractivity contribution is -0.111. The molecule has 0 bridgehead atoms. The van der Waals surface area contributed by atoms with E-state index < -0.39 is 0 Å². The average Bonchev–Trinajstić information content (AvgIpc) is 2.61. The van der Waals surface area contributed by atoms with Crippen LogP contribution in [-0.4, -0.2) is 14.5 Å². The van der Waals surface area contributed by atoms with Crippen molar-refractivity contribution < 1.29 is 4.79 Å². The van der Waals surface area contributed by atoms with E-state index in [-0.39, 0.29) is 5.78 Å². The van der Waals surface area contributed by atoms with Crippen molar-refractivity contribution in [2.24, 2.45) is 0 Å². The predicted octanol–water partition coefficient (Wildman–Crippen LogP) is 2.56. The molecule has 0 atom stereocenters. The topological polar surface area (TPSA) is 42.9 Å². The first kappa shape index (κ1) is 10.8. The summed E-state index contributed by atoms with van der Waals surface area (Å²) in [6.07, 6.45) is 4.78. The second kappa shape index (κ2) is 4.81. The minimum atomic E-state index is -0.0659. The normalized spacial score (nSPS) is 10.7. The maximum absolute atomic E-state index is 11.1. The fraction of sp³-hybridized carbons (Fsp3) is 0.300. The molecule has 0 saturated carbocycles. The number of hydrogen-bond acceptors (Lipinski definition) is 4. The van der Waals surface area contributed by atoms with E-state index >= 15 is 0 Å². The Hall–Kier alpha value is -1.29. The summed E-state index contributed by atoms with van der Waals surface area (Å²) in [5.41, 5.74) is 1.76. The van der Waals surface area contributed by atoms with Crippen LogP contribution in [0, 0.1) is 0 Å². The minimum absolute atomic E-state index is 0.0659. The van der Waals surface area contributed by atoms with E-state index in [9.17, 15) is 4.79 Å². The van der Waals surface area contributed by atoms with Gasteiger partial charge in [-0.3, -0.25) is 4.79 Å². The third-order valence-corrected chi connectivity index (χ3v) is 2.28. The Morgan fingerprint density at radius 3 is 2.86 bits per heavy atom. The zero-order chi connectivity index (χ0) is 10.6. The first-order valence-corrected chi connectivity index (χ1v) is 5.09. The number of allylic oxidation sites excluding steroid dienone is 2. The minimum Gasteiger partial charge on any atom is -0.294 e. The van der Waals surface area contributed by atoms with Crippen LogP contribution >= 0.6 is 11.7 Å². The molecule has 0 aromatic carbocycles. The van der Waals surface area contributed by atoms with Crippen molar-refractivity contribution in [3.8, 4) is 0 Å². The predicted molar refractivity (Wildman–Crippen MR) is 58.9 cm³/mol. The molecular formula is C10H12N2OS. The summed E-state index contributed by atoms with van der Waals surface area (Å²) in [5, 5.41) is 0. The fourth-order valence-electron chi connectivity index (χ4n) is 0.910. The lowest BCUT2D eigenvalue weighted by Gasteiger charge is -1.96. The van der Waals surface area contributed by atoms with Crippen LogP contribution in [0.25, 0.3) is 11.6 Å². The van der Waals surface area contributed by atoms with Gasteiger partial charge in [0.2, 0.25) is 0 Å². The van der Waals surface area contributed by atoms with E-state index in [1.165, 1.54) is 6.92 Å². The van der Waals surface area contributed by atoms with Crippen LogP contribution in [0.2, 0.25) is 0 Å². The molecule has 1 heterocycles. The average molecular weight is 208 g/mol. The Balaban J connectivity index is 2.98. The molecule has 0 aliphatic carbocycles. The van der Waals surface area contributed by atoms with Crippen molar-refractivity contribution in [3.05, 3.63) is 24.0 Å². The second-order valence-corrected chi connectivity index (χ2v) is 3.37. The summed E-state index contributed by atoms with van der Waals surface area (Å²) in [6, 6.07) is 0. The zero-order valence-electron chi connectivity index (χ0n) is 8.28. The number of rotatable bonds is 4. The Bertz CT molecular complexity index is 379. The summed E-state index contributed by atoms with van der Waals surface area (Å²) < 4.78 is 8.14. The van der Waals surface area contributed by atoms with Gasteiger partial charge < -0.3 is 0 Å². The quantitative estimate of drug-likeness (QED) is 0.714. The van der Waals surface area contributed by atoms with E-state index in [1.807, 2.05) is 19.1 Å². The molecule has 0 aliphatic rings. The highest BCUT2D eigenvalue weighted by molar-refractivity contribution is 6.99. The molecule has 1 aromatic rings. The number of ketones is 1. The van der Waals surface area contributed by atoms with Gasteiger partial charge in [-0.25, -0.2) is 0 Å². The molecule has 0 spiro atoms. The molecule has 0 saturated heterocycles. The molecule has 14 heavy (non-hydrogen) atoms. The van der Waals surface area contributed by atoms with Gasteiger partial charge in [0, 0.05) is 5.57 Å². The van der Waals surface area contributed by atoms with Crippen LogP contribution in [0.3, 0.4) is 0 Å². The molecule has 4 heteroatoms. The van der Waals surface area contributed by atoms with E-state index in [0.717, 1.165) is 23.8 Å². The molecule has 0 aliphatic heterocycles. The first-order valence-electron chi connectivity index (χ1n) is 4.36. The van der Waals surface area contributed by atoms with Crippen LogP contribution in [-0.2, 0) is 4.79 Å². The second-order valence-electron chi connectivity index (χ2n) is 2.84. The smallest absolute Gasteiger partial charge is 0.161 e. The van der Waals surface area contributed by atoms with Gasteiger partial charge in [0.25, 0.3) is 0 Å². The highest BCUT2D eigenvalue weighted by Gasteiger charge is 2.12. The van der Waals surface area contributed by atoms with Crippen LogP contribution < -0.4 is 0 Å². The third-order valence-electron chi connectivity index (χ3n) is 1.74. The summed E-state index contributed by atoms with van der Waals surface area (Å²) >= 11 is 1.10. The summed E-state index contributed by atoms with van der Waals surface area (Å²) in [7, 11) is 0. The van der Waals surface area contributed by atoms with Crippen LogP contribution in [0.1, 0.15) is 31.7 Å². The summed E-state index contributed by atoms with van der Waals surface area (Å²) in [6.45, 7) is 7.20. The van der Waals surface area contributed by atoms with Crippen molar-refractivity contribution in [3.63, 3.8) is 0 Å². The van der Waals surface area contributed by atoms with Crippen molar-refractivity contribution >= 4 is 29.2 Å². The summed E-state index contributed by atoms with van der Waals surface area (Å²) in [5.74, 6) is -0.0659. The Kier molecular flexibility index (Phi) is 3.71. The number of hydrogen-bond donors (Lipinski definition) is 0. The van der Waals surface area contributed by atoms with Crippen molar-refractivity contribution in [1.82, 2.24) is 8.75 Å². The van der Waals surface area contributed by atoms with E-state index in [1.54, 1.807) is 0 Å². The van der Waals surface area contributed by atoms with Crippen molar-refractivity contribution in [2.75, 3.05) is 0 Å². The van der Waals surface area contributed by atoms with Crippen LogP contribution in [0.4, 0.5) is 0 Å². The van der Waals surface area contributed by atoms with Gasteiger partial charge >= 0.3 is 0 Å². The van der Waals surface area contributed by atoms with Gasteiger partial charge in [0.05, 0.1) is 11.7 Å².